The van der Waals surface area contributed by atoms with E-state index < -0.39 is 12.7 Å². The van der Waals surface area contributed by atoms with Gasteiger partial charge in [0.25, 0.3) is 0 Å². The molecule has 0 radical (unpaired) electrons. The van der Waals surface area contributed by atoms with Crippen molar-refractivity contribution in [2.45, 2.75) is 54.3 Å². The average Bonchev–Trinajstić information content (AvgIpc) is 2.58. The first-order valence-corrected chi connectivity index (χ1v) is 8.59. The molecule has 28 heavy (non-hydrogen) atoms. The van der Waals surface area contributed by atoms with Gasteiger partial charge in [-0.1, -0.05) is 57.5 Å². The number of hydrogen-bond acceptors (Lipinski definition) is 2. The summed E-state index contributed by atoms with van der Waals surface area (Å²) in [6.45, 7) is 11.5. The number of hydrogen-bond donors (Lipinski definition) is 0. The maximum Gasteiger partial charge on any atom is 0.573 e. The quantitative estimate of drug-likeness (QED) is 0.468. The van der Waals surface area contributed by atoms with E-state index in [1.807, 2.05) is 27.7 Å². The van der Waals surface area contributed by atoms with Gasteiger partial charge in [0, 0.05) is 0 Å². The lowest BCUT2D eigenvalue weighted by molar-refractivity contribution is -0.275. The SMILES string of the molecule is CC.CC.Cc1ccc(OC(F)(F)F)cc1.Cc1cccc(OC(F)(F)F)c1. The summed E-state index contributed by atoms with van der Waals surface area (Å²) in [5, 5.41) is 0. The highest BCUT2D eigenvalue weighted by atomic mass is 19.4. The molecule has 0 atom stereocenters. The van der Waals surface area contributed by atoms with Gasteiger partial charge < -0.3 is 9.47 Å². The summed E-state index contributed by atoms with van der Waals surface area (Å²) < 4.78 is 77.2. The zero-order chi connectivity index (χ0) is 22.4. The topological polar surface area (TPSA) is 18.5 Å². The van der Waals surface area contributed by atoms with Crippen molar-refractivity contribution in [3.63, 3.8) is 0 Å². The number of aryl methyl sites for hydroxylation is 2. The maximum atomic E-state index is 11.7. The van der Waals surface area contributed by atoms with Crippen molar-refractivity contribution >= 4 is 0 Å². The summed E-state index contributed by atoms with van der Waals surface area (Å²) in [4.78, 5) is 0. The highest BCUT2D eigenvalue weighted by Gasteiger charge is 2.31. The molecule has 0 N–H and O–H groups in total. The van der Waals surface area contributed by atoms with Crippen LogP contribution in [0, 0.1) is 13.8 Å². The lowest BCUT2D eigenvalue weighted by Gasteiger charge is -2.08. The van der Waals surface area contributed by atoms with Gasteiger partial charge in [-0.25, -0.2) is 0 Å². The monoisotopic (exact) mass is 412 g/mol. The Morgan fingerprint density at radius 2 is 1.00 bits per heavy atom. The minimum absolute atomic E-state index is 0.178. The molecular weight excluding hydrogens is 386 g/mol. The Bertz CT molecular complexity index is 634. The Kier molecular flexibility index (Phi) is 13.7. The molecule has 2 aromatic rings. The predicted molar refractivity (Wildman–Crippen MR) is 98.4 cm³/mol. The fourth-order valence-electron chi connectivity index (χ4n) is 1.55. The van der Waals surface area contributed by atoms with E-state index in [-0.39, 0.29) is 11.5 Å². The first-order valence-electron chi connectivity index (χ1n) is 8.59. The minimum Gasteiger partial charge on any atom is -0.406 e. The van der Waals surface area contributed by atoms with E-state index in [0.717, 1.165) is 11.1 Å². The first kappa shape index (κ1) is 27.8. The molecule has 2 aromatic carbocycles. The van der Waals surface area contributed by atoms with Gasteiger partial charge in [-0.3, -0.25) is 0 Å². The van der Waals surface area contributed by atoms with Crippen LogP contribution in [0.1, 0.15) is 38.8 Å². The lowest BCUT2D eigenvalue weighted by atomic mass is 10.2. The van der Waals surface area contributed by atoms with E-state index in [9.17, 15) is 26.3 Å². The van der Waals surface area contributed by atoms with E-state index in [1.165, 1.54) is 30.3 Å². The number of benzene rings is 2. The molecule has 0 aliphatic heterocycles. The van der Waals surface area contributed by atoms with Crippen molar-refractivity contribution in [1.82, 2.24) is 0 Å². The highest BCUT2D eigenvalue weighted by molar-refractivity contribution is 5.27. The van der Waals surface area contributed by atoms with E-state index in [4.69, 9.17) is 0 Å². The van der Waals surface area contributed by atoms with Crippen LogP contribution in [0.5, 0.6) is 11.5 Å². The molecule has 0 aliphatic rings. The summed E-state index contributed by atoms with van der Waals surface area (Å²) in [6, 6.07) is 11.5. The van der Waals surface area contributed by atoms with Gasteiger partial charge in [0.15, 0.2) is 0 Å². The molecule has 0 fully saturated rings. The van der Waals surface area contributed by atoms with Crippen LogP contribution >= 0.6 is 0 Å². The number of halogens is 6. The van der Waals surface area contributed by atoms with Gasteiger partial charge >= 0.3 is 12.7 Å². The summed E-state index contributed by atoms with van der Waals surface area (Å²) in [7, 11) is 0. The van der Waals surface area contributed by atoms with Crippen molar-refractivity contribution in [3.8, 4) is 11.5 Å². The molecule has 0 spiro atoms. The van der Waals surface area contributed by atoms with Crippen LogP contribution in [0.2, 0.25) is 0 Å². The summed E-state index contributed by atoms with van der Waals surface area (Å²) in [5.74, 6) is -0.365. The molecule has 8 heteroatoms. The van der Waals surface area contributed by atoms with Crippen LogP contribution < -0.4 is 9.47 Å². The normalized spacial score (nSPS) is 10.1. The smallest absolute Gasteiger partial charge is 0.406 e. The van der Waals surface area contributed by atoms with Gasteiger partial charge in [-0.05, 0) is 43.7 Å². The molecular formula is C20H26F6O2. The van der Waals surface area contributed by atoms with E-state index in [2.05, 4.69) is 9.47 Å². The Morgan fingerprint density at radius 3 is 1.39 bits per heavy atom. The van der Waals surface area contributed by atoms with Crippen LogP contribution in [0.4, 0.5) is 26.3 Å². The number of rotatable bonds is 2. The van der Waals surface area contributed by atoms with E-state index in [0.29, 0.717) is 0 Å². The van der Waals surface area contributed by atoms with Crippen molar-refractivity contribution in [2.75, 3.05) is 0 Å². The molecule has 0 saturated heterocycles. The zero-order valence-corrected chi connectivity index (χ0v) is 16.7. The van der Waals surface area contributed by atoms with Gasteiger partial charge in [-0.15, -0.1) is 26.3 Å². The van der Waals surface area contributed by atoms with Gasteiger partial charge in [-0.2, -0.15) is 0 Å². The third kappa shape index (κ3) is 15.8. The van der Waals surface area contributed by atoms with E-state index in [1.54, 1.807) is 32.0 Å². The molecule has 0 amide bonds. The van der Waals surface area contributed by atoms with Gasteiger partial charge in [0.05, 0.1) is 0 Å². The third-order valence-electron chi connectivity index (χ3n) is 2.48. The molecule has 0 unspecified atom stereocenters. The molecule has 0 bridgehead atoms. The summed E-state index contributed by atoms with van der Waals surface area (Å²) in [6.07, 6.45) is -9.21. The second kappa shape index (κ2) is 13.7. The fraction of sp³-hybridized carbons (Fsp3) is 0.400. The molecule has 0 aliphatic carbocycles. The Morgan fingerprint density at radius 1 is 0.571 bits per heavy atom. The summed E-state index contributed by atoms with van der Waals surface area (Å²) in [5.41, 5.74) is 1.63. The third-order valence-corrected chi connectivity index (χ3v) is 2.48. The van der Waals surface area contributed by atoms with E-state index >= 15 is 0 Å². The largest absolute Gasteiger partial charge is 0.573 e. The Hall–Kier alpha value is -2.38. The van der Waals surface area contributed by atoms with Crippen LogP contribution in [0.25, 0.3) is 0 Å². The zero-order valence-electron chi connectivity index (χ0n) is 16.7. The predicted octanol–water partition coefficient (Wildman–Crippen LogP) is 7.84. The van der Waals surface area contributed by atoms with Crippen LogP contribution in [-0.2, 0) is 0 Å². The van der Waals surface area contributed by atoms with Crippen molar-refractivity contribution in [2.24, 2.45) is 0 Å². The van der Waals surface area contributed by atoms with Crippen LogP contribution in [-0.4, -0.2) is 12.7 Å². The minimum atomic E-state index is -4.60. The molecule has 0 aromatic heterocycles. The van der Waals surface area contributed by atoms with Crippen molar-refractivity contribution < 1.29 is 35.8 Å². The maximum absolute atomic E-state index is 11.7. The standard InChI is InChI=1S/2C8H7F3O.2C2H6/c1-6-2-4-7(5-3-6)12-8(9,10)11;1-6-3-2-4-7(5-6)12-8(9,10)11;2*1-2/h2*2-5H,1H3;2*1-2H3. The number of ether oxygens (including phenoxy) is 2. The average molecular weight is 412 g/mol. The molecule has 2 nitrogen and oxygen atoms in total. The van der Waals surface area contributed by atoms with Crippen LogP contribution in [0.3, 0.4) is 0 Å². The van der Waals surface area contributed by atoms with Crippen molar-refractivity contribution in [3.05, 3.63) is 59.7 Å². The lowest BCUT2D eigenvalue weighted by Crippen LogP contribution is -2.17. The highest BCUT2D eigenvalue weighted by Crippen LogP contribution is 2.23. The molecule has 2 rings (SSSR count). The van der Waals surface area contributed by atoms with Gasteiger partial charge in [0.1, 0.15) is 11.5 Å². The number of alkyl halides is 6. The first-order chi connectivity index (χ1) is 12.9. The van der Waals surface area contributed by atoms with Gasteiger partial charge in [0.2, 0.25) is 0 Å². The Balaban J connectivity index is 0. The second-order valence-electron chi connectivity index (χ2n) is 4.73. The fourth-order valence-corrected chi connectivity index (χ4v) is 1.55. The van der Waals surface area contributed by atoms with Crippen LogP contribution in [0.15, 0.2) is 48.5 Å². The molecule has 160 valence electrons. The van der Waals surface area contributed by atoms with Crippen molar-refractivity contribution in [1.29, 1.82) is 0 Å². The molecule has 0 heterocycles. The molecule has 0 saturated carbocycles. The summed E-state index contributed by atoms with van der Waals surface area (Å²) >= 11 is 0. The Labute approximate surface area is 162 Å². The second-order valence-corrected chi connectivity index (χ2v) is 4.73.